The monoisotopic (exact) mass is 167 g/mol. The summed E-state index contributed by atoms with van der Waals surface area (Å²) >= 11 is 0. The number of hydrogen-bond donors (Lipinski definition) is 0. The molecule has 0 saturated heterocycles. The molecule has 1 aliphatic carbocycles. The average molecular weight is 167 g/mol. The molecule has 0 aromatic heterocycles. The van der Waals surface area contributed by atoms with Crippen molar-refractivity contribution in [3.05, 3.63) is 11.6 Å². The van der Waals surface area contributed by atoms with Crippen LogP contribution < -0.4 is 0 Å². The van der Waals surface area contributed by atoms with Crippen LogP contribution in [0.4, 0.5) is 0 Å². The minimum absolute atomic E-state index is 0.705. The maximum Gasteiger partial charge on any atom is 0.120 e. The molecule has 0 aliphatic heterocycles. The summed E-state index contributed by atoms with van der Waals surface area (Å²) in [5, 5.41) is 0. The van der Waals surface area contributed by atoms with E-state index in [1.165, 1.54) is 18.4 Å². The van der Waals surface area contributed by atoms with Crippen molar-refractivity contribution < 1.29 is 4.79 Å². The Balaban J connectivity index is 2.37. The fraction of sp³-hybridized carbons (Fsp3) is 0.727. The maximum absolute atomic E-state index is 10.1. The van der Waals surface area contributed by atoms with Gasteiger partial charge in [-0.15, -0.1) is 0 Å². The minimum Gasteiger partial charge on any atom is -0.303 e. The lowest BCUT2D eigenvalue weighted by molar-refractivity contribution is -0.107. The van der Waals surface area contributed by atoms with Gasteiger partial charge in [-0.25, -0.2) is 0 Å². The van der Waals surface area contributed by atoms with Gasteiger partial charge in [0.25, 0.3) is 0 Å². The zero-order chi connectivity index (χ0) is 8.97. The molecule has 1 nitrogen and oxygen atoms in total. The normalized spacial score (nSPS) is 22.9. The van der Waals surface area contributed by atoms with Crippen LogP contribution in [0.1, 0.15) is 39.5 Å². The molecule has 0 aromatic carbocycles. The highest BCUT2D eigenvalue weighted by Gasteiger charge is 2.17. The van der Waals surface area contributed by atoms with Crippen LogP contribution in [0.25, 0.3) is 0 Å². The molecule has 1 aliphatic rings. The van der Waals surface area contributed by atoms with Gasteiger partial charge in [-0.1, -0.05) is 25.5 Å². The van der Waals surface area contributed by atoms with Crippen molar-refractivity contribution in [3.63, 3.8) is 0 Å². The summed E-state index contributed by atoms with van der Waals surface area (Å²) in [5.74, 6) is 1.53. The standard InChI is InChI=1S/C11H18O/c1-9(2)11-6-5-10(8-11)4-3-7-12/h7-9,11H,3-6H2,1-2H3/i7+1. The highest BCUT2D eigenvalue weighted by molar-refractivity contribution is 5.49. The predicted octanol–water partition coefficient (Wildman–Crippen LogP) is 2.96. The van der Waals surface area contributed by atoms with Gasteiger partial charge in [0.05, 0.1) is 0 Å². The molecular weight excluding hydrogens is 149 g/mol. The van der Waals surface area contributed by atoms with Crippen LogP contribution in [-0.4, -0.2) is 6.29 Å². The zero-order valence-corrected chi connectivity index (χ0v) is 8.05. The largest absolute Gasteiger partial charge is 0.303 e. The molecule has 0 spiro atoms. The number of aldehydes is 1. The SMILES string of the molecule is CC(C)C1C=C(CC[13CH]=O)CC1. The Labute approximate surface area is 74.9 Å². The van der Waals surface area contributed by atoms with E-state index in [9.17, 15) is 4.79 Å². The molecule has 0 aromatic rings. The van der Waals surface area contributed by atoms with Gasteiger partial charge in [-0.05, 0) is 31.1 Å². The zero-order valence-electron chi connectivity index (χ0n) is 8.05. The third-order valence-electron chi connectivity index (χ3n) is 2.69. The van der Waals surface area contributed by atoms with E-state index in [0.29, 0.717) is 6.42 Å². The maximum atomic E-state index is 10.1. The summed E-state index contributed by atoms with van der Waals surface area (Å²) in [4.78, 5) is 10.1. The Bertz CT molecular complexity index is 179. The molecule has 12 heavy (non-hydrogen) atoms. The smallest absolute Gasteiger partial charge is 0.120 e. The first-order valence-electron chi connectivity index (χ1n) is 4.87. The number of hydrogen-bond acceptors (Lipinski definition) is 1. The number of allylic oxidation sites excluding steroid dienone is 2. The molecule has 0 heterocycles. The summed E-state index contributed by atoms with van der Waals surface area (Å²) in [5.41, 5.74) is 1.50. The summed E-state index contributed by atoms with van der Waals surface area (Å²) in [6.07, 6.45) is 7.61. The fourth-order valence-corrected chi connectivity index (χ4v) is 1.80. The second-order valence-electron chi connectivity index (χ2n) is 3.98. The highest BCUT2D eigenvalue weighted by Crippen LogP contribution is 2.31. The van der Waals surface area contributed by atoms with E-state index in [2.05, 4.69) is 19.9 Å². The van der Waals surface area contributed by atoms with Crippen molar-refractivity contribution in [1.29, 1.82) is 0 Å². The van der Waals surface area contributed by atoms with E-state index in [4.69, 9.17) is 0 Å². The van der Waals surface area contributed by atoms with Gasteiger partial charge in [0, 0.05) is 6.42 Å². The van der Waals surface area contributed by atoms with Crippen molar-refractivity contribution in [3.8, 4) is 0 Å². The summed E-state index contributed by atoms with van der Waals surface area (Å²) < 4.78 is 0. The Morgan fingerprint density at radius 1 is 1.67 bits per heavy atom. The van der Waals surface area contributed by atoms with Gasteiger partial charge in [0.2, 0.25) is 0 Å². The third kappa shape index (κ3) is 2.47. The molecule has 0 amide bonds. The molecular formula is C11H18O. The van der Waals surface area contributed by atoms with Crippen LogP contribution in [0, 0.1) is 11.8 Å². The number of carbonyl (C=O) groups is 1. The van der Waals surface area contributed by atoms with E-state index in [-0.39, 0.29) is 0 Å². The molecule has 1 rings (SSSR count). The van der Waals surface area contributed by atoms with Gasteiger partial charge in [-0.2, -0.15) is 0 Å². The minimum atomic E-state index is 0.705. The highest BCUT2D eigenvalue weighted by atomic mass is 16.2. The average Bonchev–Trinajstić information content (AvgIpc) is 2.48. The fourth-order valence-electron chi connectivity index (χ4n) is 1.80. The number of rotatable bonds is 4. The van der Waals surface area contributed by atoms with Crippen LogP contribution in [0.5, 0.6) is 0 Å². The van der Waals surface area contributed by atoms with Gasteiger partial charge in [0.1, 0.15) is 6.29 Å². The van der Waals surface area contributed by atoms with Crippen molar-refractivity contribution in [2.24, 2.45) is 11.8 Å². The van der Waals surface area contributed by atoms with Crippen LogP contribution in [0.2, 0.25) is 0 Å². The molecule has 0 N–H and O–H groups in total. The van der Waals surface area contributed by atoms with Crippen LogP contribution in [-0.2, 0) is 4.79 Å². The Kier molecular flexibility index (Phi) is 3.51. The molecule has 0 fully saturated rings. The first-order valence-corrected chi connectivity index (χ1v) is 4.87. The molecule has 0 saturated carbocycles. The van der Waals surface area contributed by atoms with Gasteiger partial charge in [-0.3, -0.25) is 0 Å². The summed E-state index contributed by atoms with van der Waals surface area (Å²) in [7, 11) is 0. The topological polar surface area (TPSA) is 17.1 Å². The van der Waals surface area contributed by atoms with Crippen molar-refractivity contribution in [2.45, 2.75) is 39.5 Å². The molecule has 0 bridgehead atoms. The lowest BCUT2D eigenvalue weighted by Crippen LogP contribution is -2.00. The van der Waals surface area contributed by atoms with E-state index >= 15 is 0 Å². The first-order chi connectivity index (χ1) is 5.74. The molecule has 1 unspecified atom stereocenters. The second kappa shape index (κ2) is 4.44. The lowest BCUT2D eigenvalue weighted by Gasteiger charge is -2.09. The van der Waals surface area contributed by atoms with Crippen molar-refractivity contribution in [1.82, 2.24) is 0 Å². The Morgan fingerprint density at radius 3 is 2.92 bits per heavy atom. The van der Waals surface area contributed by atoms with Gasteiger partial charge < -0.3 is 4.79 Å². The van der Waals surface area contributed by atoms with E-state index in [1.54, 1.807) is 0 Å². The summed E-state index contributed by atoms with van der Waals surface area (Å²) in [6, 6.07) is 0. The predicted molar refractivity (Wildman–Crippen MR) is 50.9 cm³/mol. The Hall–Kier alpha value is -0.590. The molecule has 0 radical (unpaired) electrons. The van der Waals surface area contributed by atoms with E-state index in [0.717, 1.165) is 24.5 Å². The van der Waals surface area contributed by atoms with Crippen LogP contribution in [0.15, 0.2) is 11.6 Å². The molecule has 1 heteroatoms. The van der Waals surface area contributed by atoms with Crippen LogP contribution >= 0.6 is 0 Å². The van der Waals surface area contributed by atoms with E-state index in [1.807, 2.05) is 0 Å². The quantitative estimate of drug-likeness (QED) is 0.357. The summed E-state index contributed by atoms with van der Waals surface area (Å²) in [6.45, 7) is 4.54. The first kappa shape index (κ1) is 9.50. The van der Waals surface area contributed by atoms with Crippen LogP contribution in [0.3, 0.4) is 0 Å². The molecule has 1 atom stereocenters. The van der Waals surface area contributed by atoms with Gasteiger partial charge >= 0.3 is 0 Å². The third-order valence-corrected chi connectivity index (χ3v) is 2.69. The second-order valence-corrected chi connectivity index (χ2v) is 3.98. The van der Waals surface area contributed by atoms with Gasteiger partial charge in [0.15, 0.2) is 0 Å². The lowest BCUT2D eigenvalue weighted by atomic mass is 9.96. The van der Waals surface area contributed by atoms with E-state index < -0.39 is 0 Å². The Morgan fingerprint density at radius 2 is 2.42 bits per heavy atom. The molecule has 68 valence electrons. The van der Waals surface area contributed by atoms with Crippen molar-refractivity contribution in [2.75, 3.05) is 0 Å². The number of carbonyl (C=O) groups excluding carboxylic acids is 1. The van der Waals surface area contributed by atoms with Crippen molar-refractivity contribution >= 4 is 6.29 Å².